The zero-order valence-electron chi connectivity index (χ0n) is 18.9. The summed E-state index contributed by atoms with van der Waals surface area (Å²) in [6.07, 6.45) is 4.66. The van der Waals surface area contributed by atoms with Crippen LogP contribution in [0, 0.1) is 0 Å². The first-order valence-corrected chi connectivity index (χ1v) is 11.7. The quantitative estimate of drug-likeness (QED) is 0.499. The molecule has 4 rings (SSSR count). The van der Waals surface area contributed by atoms with Crippen molar-refractivity contribution >= 4 is 17.0 Å². The van der Waals surface area contributed by atoms with Crippen molar-refractivity contribution in [2.75, 3.05) is 26.2 Å². The fourth-order valence-electron chi connectivity index (χ4n) is 4.54. The molecule has 0 aliphatic carbocycles. The third-order valence-electron chi connectivity index (χ3n) is 6.33. The standard InChI is InChI=1S/C26H33N3O3/c1-2-3-14-29-24-7-5-4-6-23(24)27-26(29)21-12-15-28(16-13-21)17-18-32-22-10-8-20(9-11-22)19-25(30)31/h4-11,21H,2-3,12-19H2,1H3,(H,30,31). The van der Waals surface area contributed by atoms with Crippen molar-refractivity contribution in [1.29, 1.82) is 0 Å². The maximum atomic E-state index is 10.8. The highest BCUT2D eigenvalue weighted by Crippen LogP contribution is 2.30. The third kappa shape index (κ3) is 5.49. The van der Waals surface area contributed by atoms with Crippen LogP contribution in [0.25, 0.3) is 11.0 Å². The lowest BCUT2D eigenvalue weighted by atomic mass is 9.96. The van der Waals surface area contributed by atoms with Crippen molar-refractivity contribution in [3.63, 3.8) is 0 Å². The van der Waals surface area contributed by atoms with Crippen LogP contribution < -0.4 is 4.74 Å². The van der Waals surface area contributed by atoms with Crippen molar-refractivity contribution < 1.29 is 14.6 Å². The Morgan fingerprint density at radius 1 is 1.09 bits per heavy atom. The lowest BCUT2D eigenvalue weighted by molar-refractivity contribution is -0.136. The number of carbonyl (C=O) groups is 1. The van der Waals surface area contributed by atoms with Crippen LogP contribution in [0.5, 0.6) is 5.75 Å². The molecule has 1 aliphatic heterocycles. The lowest BCUT2D eigenvalue weighted by Crippen LogP contribution is -2.36. The van der Waals surface area contributed by atoms with Gasteiger partial charge in [-0.15, -0.1) is 0 Å². The molecule has 6 heteroatoms. The van der Waals surface area contributed by atoms with Gasteiger partial charge in [-0.05, 0) is 62.2 Å². The summed E-state index contributed by atoms with van der Waals surface area (Å²) in [6, 6.07) is 15.9. The van der Waals surface area contributed by atoms with E-state index in [1.807, 2.05) is 24.3 Å². The molecule has 2 heterocycles. The topological polar surface area (TPSA) is 67.6 Å². The van der Waals surface area contributed by atoms with Gasteiger partial charge in [-0.3, -0.25) is 9.69 Å². The molecule has 32 heavy (non-hydrogen) atoms. The number of nitrogens with zero attached hydrogens (tertiary/aromatic N) is 3. The van der Waals surface area contributed by atoms with Gasteiger partial charge in [-0.1, -0.05) is 37.6 Å². The van der Waals surface area contributed by atoms with Crippen LogP contribution in [0.3, 0.4) is 0 Å². The second-order valence-corrected chi connectivity index (χ2v) is 8.64. The Bertz CT molecular complexity index is 1020. The minimum Gasteiger partial charge on any atom is -0.492 e. The Hall–Kier alpha value is -2.86. The molecule has 1 aromatic heterocycles. The first kappa shape index (κ1) is 22.3. The molecule has 6 nitrogen and oxygen atoms in total. The van der Waals surface area contributed by atoms with Gasteiger partial charge in [-0.2, -0.15) is 0 Å². The van der Waals surface area contributed by atoms with Crippen LogP contribution in [-0.4, -0.2) is 51.8 Å². The van der Waals surface area contributed by atoms with Crippen LogP contribution in [0.1, 0.15) is 49.9 Å². The van der Waals surface area contributed by atoms with E-state index >= 15 is 0 Å². The third-order valence-corrected chi connectivity index (χ3v) is 6.33. The zero-order valence-corrected chi connectivity index (χ0v) is 18.9. The van der Waals surface area contributed by atoms with E-state index in [9.17, 15) is 4.79 Å². The summed E-state index contributed by atoms with van der Waals surface area (Å²) in [5.74, 6) is 1.75. The molecule has 0 unspecified atom stereocenters. The average molecular weight is 436 g/mol. The van der Waals surface area contributed by atoms with Crippen LogP contribution in [-0.2, 0) is 17.8 Å². The fraction of sp³-hybridized carbons (Fsp3) is 0.462. The summed E-state index contributed by atoms with van der Waals surface area (Å²) in [7, 11) is 0. The van der Waals surface area contributed by atoms with Gasteiger partial charge >= 0.3 is 5.97 Å². The van der Waals surface area contributed by atoms with Gasteiger partial charge in [0.1, 0.15) is 18.2 Å². The van der Waals surface area contributed by atoms with E-state index in [0.717, 1.165) is 55.9 Å². The number of rotatable bonds is 10. The van der Waals surface area contributed by atoms with Crippen molar-refractivity contribution in [2.45, 2.75) is 51.5 Å². The number of benzene rings is 2. The lowest BCUT2D eigenvalue weighted by Gasteiger charge is -2.31. The van der Waals surface area contributed by atoms with Crippen LogP contribution in [0.4, 0.5) is 0 Å². The van der Waals surface area contributed by atoms with Gasteiger partial charge < -0.3 is 14.4 Å². The monoisotopic (exact) mass is 435 g/mol. The molecule has 1 N–H and O–H groups in total. The van der Waals surface area contributed by atoms with Crippen LogP contribution in [0.15, 0.2) is 48.5 Å². The van der Waals surface area contributed by atoms with Crippen molar-refractivity contribution in [3.05, 3.63) is 59.9 Å². The number of likely N-dealkylation sites (tertiary alicyclic amines) is 1. The second-order valence-electron chi connectivity index (χ2n) is 8.64. The number of imidazole rings is 1. The molecule has 0 saturated carbocycles. The first-order chi connectivity index (χ1) is 15.6. The molecular formula is C26H33N3O3. The van der Waals surface area contributed by atoms with E-state index < -0.39 is 5.97 Å². The minimum absolute atomic E-state index is 0.0431. The number of hydrogen-bond donors (Lipinski definition) is 1. The SMILES string of the molecule is CCCCn1c(C2CCN(CCOc3ccc(CC(=O)O)cc3)CC2)nc2ccccc21. The average Bonchev–Trinajstić information content (AvgIpc) is 3.17. The minimum atomic E-state index is -0.817. The number of para-hydroxylation sites is 2. The van der Waals surface area contributed by atoms with E-state index in [2.05, 4.69) is 40.7 Å². The molecule has 1 saturated heterocycles. The van der Waals surface area contributed by atoms with Crippen molar-refractivity contribution in [2.24, 2.45) is 0 Å². The molecule has 0 amide bonds. The number of ether oxygens (including phenoxy) is 1. The second kappa shape index (κ2) is 10.6. The molecule has 1 aliphatic rings. The van der Waals surface area contributed by atoms with E-state index in [1.54, 1.807) is 0 Å². The number of unbranched alkanes of at least 4 members (excludes halogenated alkanes) is 1. The van der Waals surface area contributed by atoms with Gasteiger partial charge in [-0.25, -0.2) is 4.98 Å². The summed E-state index contributed by atoms with van der Waals surface area (Å²) < 4.78 is 8.33. The Labute approximate surface area is 189 Å². The zero-order chi connectivity index (χ0) is 22.3. The number of aliphatic carboxylic acids is 1. The van der Waals surface area contributed by atoms with E-state index in [0.29, 0.717) is 12.5 Å². The highest BCUT2D eigenvalue weighted by atomic mass is 16.5. The molecule has 0 radical (unpaired) electrons. The maximum Gasteiger partial charge on any atom is 0.307 e. The largest absolute Gasteiger partial charge is 0.492 e. The molecule has 3 aromatic rings. The van der Waals surface area contributed by atoms with E-state index in [4.69, 9.17) is 14.8 Å². The van der Waals surface area contributed by atoms with Gasteiger partial charge in [0.2, 0.25) is 0 Å². The summed E-state index contributed by atoms with van der Waals surface area (Å²) in [6.45, 7) is 6.94. The van der Waals surface area contributed by atoms with E-state index in [-0.39, 0.29) is 6.42 Å². The molecule has 2 aromatic carbocycles. The first-order valence-electron chi connectivity index (χ1n) is 11.7. The van der Waals surface area contributed by atoms with Crippen LogP contribution in [0.2, 0.25) is 0 Å². The predicted molar refractivity (Wildman–Crippen MR) is 126 cm³/mol. The predicted octanol–water partition coefficient (Wildman–Crippen LogP) is 4.72. The van der Waals surface area contributed by atoms with Gasteiger partial charge in [0.05, 0.1) is 17.5 Å². The summed E-state index contributed by atoms with van der Waals surface area (Å²) >= 11 is 0. The Balaban J connectivity index is 1.28. The van der Waals surface area contributed by atoms with Gasteiger partial charge in [0.25, 0.3) is 0 Å². The highest BCUT2D eigenvalue weighted by Gasteiger charge is 2.25. The van der Waals surface area contributed by atoms with Gasteiger partial charge in [0.15, 0.2) is 0 Å². The number of carboxylic acid groups (broad SMARTS) is 1. The number of aromatic nitrogens is 2. The van der Waals surface area contributed by atoms with E-state index in [1.165, 1.54) is 24.2 Å². The molecule has 0 atom stereocenters. The Morgan fingerprint density at radius 2 is 1.84 bits per heavy atom. The normalized spacial score (nSPS) is 15.3. The molecule has 0 spiro atoms. The maximum absolute atomic E-state index is 10.8. The number of fused-ring (bicyclic) bond motifs is 1. The summed E-state index contributed by atoms with van der Waals surface area (Å²) in [5.41, 5.74) is 3.17. The molecule has 170 valence electrons. The molecule has 1 fully saturated rings. The van der Waals surface area contributed by atoms with Gasteiger partial charge in [0, 0.05) is 19.0 Å². The number of piperidine rings is 1. The highest BCUT2D eigenvalue weighted by molar-refractivity contribution is 5.76. The summed E-state index contributed by atoms with van der Waals surface area (Å²) in [4.78, 5) is 18.3. The summed E-state index contributed by atoms with van der Waals surface area (Å²) in [5, 5.41) is 8.86. The molecule has 0 bridgehead atoms. The number of carboxylic acids is 1. The molecular weight excluding hydrogens is 402 g/mol. The fourth-order valence-corrected chi connectivity index (χ4v) is 4.54. The van der Waals surface area contributed by atoms with Crippen molar-refractivity contribution in [3.8, 4) is 5.75 Å². The smallest absolute Gasteiger partial charge is 0.307 e. The van der Waals surface area contributed by atoms with Crippen molar-refractivity contribution in [1.82, 2.24) is 14.5 Å². The Kier molecular flexibility index (Phi) is 7.43. The Morgan fingerprint density at radius 3 is 2.56 bits per heavy atom. The number of aryl methyl sites for hydroxylation is 1. The van der Waals surface area contributed by atoms with Crippen LogP contribution >= 0.6 is 0 Å². The number of hydrogen-bond acceptors (Lipinski definition) is 4.